The lowest BCUT2D eigenvalue weighted by Crippen LogP contribution is -2.45. The summed E-state index contributed by atoms with van der Waals surface area (Å²) in [4.78, 5) is 2.28. The molecule has 0 saturated carbocycles. The van der Waals surface area contributed by atoms with Gasteiger partial charge in [-0.1, -0.05) is 31.9 Å². The second-order valence-electron chi connectivity index (χ2n) is 5.54. The molecular formula is C16H24F2N2. The molecule has 0 aliphatic carbocycles. The van der Waals surface area contributed by atoms with Crippen molar-refractivity contribution in [1.82, 2.24) is 10.2 Å². The van der Waals surface area contributed by atoms with Crippen LogP contribution in [0.5, 0.6) is 0 Å². The van der Waals surface area contributed by atoms with E-state index in [1.54, 1.807) is 19.1 Å². The number of hydrogen-bond donors (Lipinski definition) is 1. The predicted molar refractivity (Wildman–Crippen MR) is 77.8 cm³/mol. The Morgan fingerprint density at radius 2 is 1.90 bits per heavy atom. The number of piperazine rings is 1. The highest BCUT2D eigenvalue weighted by Crippen LogP contribution is 2.30. The summed E-state index contributed by atoms with van der Waals surface area (Å²) >= 11 is 0. The maximum absolute atomic E-state index is 14.3. The number of nitrogens with zero attached hydrogens (tertiary/aromatic N) is 1. The normalized spacial score (nSPS) is 18.2. The molecule has 1 aliphatic heterocycles. The summed E-state index contributed by atoms with van der Waals surface area (Å²) in [5.74, 6) is -1.36. The zero-order chi connectivity index (χ0) is 14.5. The molecule has 0 aromatic heterocycles. The molecule has 0 radical (unpaired) electrons. The van der Waals surface area contributed by atoms with Gasteiger partial charge in [-0.2, -0.15) is 0 Å². The Morgan fingerprint density at radius 1 is 1.20 bits per heavy atom. The van der Waals surface area contributed by atoms with Crippen LogP contribution in [0.15, 0.2) is 12.1 Å². The first-order chi connectivity index (χ1) is 9.65. The fraction of sp³-hybridized carbons (Fsp3) is 0.625. The molecule has 1 fully saturated rings. The minimum atomic E-state index is -0.695. The van der Waals surface area contributed by atoms with Crippen molar-refractivity contribution in [3.63, 3.8) is 0 Å². The average Bonchev–Trinajstić information content (AvgIpc) is 2.48. The quantitative estimate of drug-likeness (QED) is 0.890. The van der Waals surface area contributed by atoms with Gasteiger partial charge in [-0.3, -0.25) is 4.90 Å². The lowest BCUT2D eigenvalue weighted by Gasteiger charge is -2.35. The van der Waals surface area contributed by atoms with Gasteiger partial charge in [-0.15, -0.1) is 0 Å². The molecule has 2 rings (SSSR count). The summed E-state index contributed by atoms with van der Waals surface area (Å²) in [6, 6.07) is 3.44. The Kier molecular flexibility index (Phi) is 5.49. The van der Waals surface area contributed by atoms with Crippen LogP contribution in [0.3, 0.4) is 0 Å². The second-order valence-corrected chi connectivity index (χ2v) is 5.54. The molecule has 4 heteroatoms. The van der Waals surface area contributed by atoms with Crippen LogP contribution in [-0.2, 0) is 0 Å². The molecule has 1 aliphatic rings. The Labute approximate surface area is 120 Å². The predicted octanol–water partition coefficient (Wildman–Crippen LogP) is 3.41. The van der Waals surface area contributed by atoms with Crippen LogP contribution in [0.4, 0.5) is 8.78 Å². The summed E-state index contributed by atoms with van der Waals surface area (Å²) < 4.78 is 28.1. The summed E-state index contributed by atoms with van der Waals surface area (Å²) in [5.41, 5.74) is 0.893. The van der Waals surface area contributed by atoms with Gasteiger partial charge in [0.25, 0.3) is 0 Å². The molecule has 20 heavy (non-hydrogen) atoms. The topological polar surface area (TPSA) is 15.3 Å². The van der Waals surface area contributed by atoms with Crippen molar-refractivity contribution in [2.24, 2.45) is 0 Å². The number of rotatable bonds is 5. The highest BCUT2D eigenvalue weighted by atomic mass is 19.2. The summed E-state index contributed by atoms with van der Waals surface area (Å²) in [6.07, 6.45) is 2.98. The third-order valence-electron chi connectivity index (χ3n) is 4.09. The molecule has 0 bridgehead atoms. The molecule has 1 N–H and O–H groups in total. The van der Waals surface area contributed by atoms with E-state index in [4.69, 9.17) is 0 Å². The number of aryl methyl sites for hydroxylation is 1. The Balaban J connectivity index is 2.27. The number of hydrogen-bond acceptors (Lipinski definition) is 2. The maximum atomic E-state index is 14.3. The van der Waals surface area contributed by atoms with E-state index in [9.17, 15) is 8.78 Å². The molecule has 1 heterocycles. The van der Waals surface area contributed by atoms with Gasteiger partial charge in [0.2, 0.25) is 0 Å². The van der Waals surface area contributed by atoms with Crippen molar-refractivity contribution in [1.29, 1.82) is 0 Å². The smallest absolute Gasteiger partial charge is 0.163 e. The number of unbranched alkanes of at least 4 members (excludes halogenated alkanes) is 1. The van der Waals surface area contributed by atoms with E-state index in [-0.39, 0.29) is 6.04 Å². The molecule has 1 aromatic carbocycles. The van der Waals surface area contributed by atoms with Crippen LogP contribution in [0.25, 0.3) is 0 Å². The van der Waals surface area contributed by atoms with E-state index in [0.29, 0.717) is 11.1 Å². The lowest BCUT2D eigenvalue weighted by molar-refractivity contribution is 0.159. The van der Waals surface area contributed by atoms with Crippen molar-refractivity contribution in [3.05, 3.63) is 34.9 Å². The summed E-state index contributed by atoms with van der Waals surface area (Å²) in [6.45, 7) is 7.35. The minimum absolute atomic E-state index is 0.00727. The van der Waals surface area contributed by atoms with Crippen LogP contribution in [0.2, 0.25) is 0 Å². The molecular weight excluding hydrogens is 258 g/mol. The van der Waals surface area contributed by atoms with E-state index >= 15 is 0 Å². The third kappa shape index (κ3) is 3.36. The first-order valence-electron chi connectivity index (χ1n) is 7.54. The first-order valence-corrected chi connectivity index (χ1v) is 7.54. The Morgan fingerprint density at radius 3 is 2.55 bits per heavy atom. The van der Waals surface area contributed by atoms with Gasteiger partial charge in [-0.05, 0) is 18.9 Å². The number of halogens is 2. The van der Waals surface area contributed by atoms with Crippen LogP contribution < -0.4 is 5.32 Å². The minimum Gasteiger partial charge on any atom is -0.314 e. The van der Waals surface area contributed by atoms with Crippen molar-refractivity contribution < 1.29 is 8.78 Å². The van der Waals surface area contributed by atoms with Gasteiger partial charge in [-0.25, -0.2) is 8.78 Å². The highest BCUT2D eigenvalue weighted by molar-refractivity contribution is 5.28. The SMILES string of the molecule is CCCC[C@@H](c1ccc(C)c(F)c1F)N1CCNCC1. The van der Waals surface area contributed by atoms with Crippen molar-refractivity contribution in [2.45, 2.75) is 39.2 Å². The zero-order valence-corrected chi connectivity index (χ0v) is 12.4. The fourth-order valence-corrected chi connectivity index (χ4v) is 2.84. The number of nitrogens with one attached hydrogen (secondary N) is 1. The molecule has 2 nitrogen and oxygen atoms in total. The van der Waals surface area contributed by atoms with Gasteiger partial charge < -0.3 is 5.32 Å². The maximum Gasteiger partial charge on any atom is 0.163 e. The number of benzene rings is 1. The second kappa shape index (κ2) is 7.14. The van der Waals surface area contributed by atoms with Crippen LogP contribution in [0, 0.1) is 18.6 Å². The molecule has 112 valence electrons. The van der Waals surface area contributed by atoms with Gasteiger partial charge in [0.1, 0.15) is 0 Å². The molecule has 0 amide bonds. The van der Waals surface area contributed by atoms with Gasteiger partial charge in [0.15, 0.2) is 11.6 Å². The highest BCUT2D eigenvalue weighted by Gasteiger charge is 2.25. The van der Waals surface area contributed by atoms with Crippen molar-refractivity contribution >= 4 is 0 Å². The van der Waals surface area contributed by atoms with E-state index < -0.39 is 11.6 Å². The third-order valence-corrected chi connectivity index (χ3v) is 4.09. The van der Waals surface area contributed by atoms with Gasteiger partial charge >= 0.3 is 0 Å². The Bertz CT molecular complexity index is 442. The molecule has 0 spiro atoms. The lowest BCUT2D eigenvalue weighted by atomic mass is 9.97. The van der Waals surface area contributed by atoms with Gasteiger partial charge in [0, 0.05) is 37.8 Å². The van der Waals surface area contributed by atoms with Crippen molar-refractivity contribution in [2.75, 3.05) is 26.2 Å². The largest absolute Gasteiger partial charge is 0.314 e. The standard InChI is InChI=1S/C16H24F2N2/c1-3-4-5-14(20-10-8-19-9-11-20)13-7-6-12(2)15(17)16(13)18/h6-7,14,19H,3-5,8-11H2,1-2H3/t14-/m0/s1. The summed E-state index contributed by atoms with van der Waals surface area (Å²) in [7, 11) is 0. The molecule has 0 unspecified atom stereocenters. The van der Waals surface area contributed by atoms with Crippen LogP contribution in [-0.4, -0.2) is 31.1 Å². The molecule has 1 aromatic rings. The monoisotopic (exact) mass is 282 g/mol. The zero-order valence-electron chi connectivity index (χ0n) is 12.4. The van der Waals surface area contributed by atoms with Crippen LogP contribution >= 0.6 is 0 Å². The van der Waals surface area contributed by atoms with E-state index in [0.717, 1.165) is 45.4 Å². The summed E-state index contributed by atoms with van der Waals surface area (Å²) in [5, 5.41) is 3.30. The van der Waals surface area contributed by atoms with E-state index in [1.165, 1.54) is 0 Å². The van der Waals surface area contributed by atoms with Crippen LogP contribution in [0.1, 0.15) is 43.4 Å². The van der Waals surface area contributed by atoms with Crippen molar-refractivity contribution in [3.8, 4) is 0 Å². The Hall–Kier alpha value is -1.00. The molecule has 1 saturated heterocycles. The molecule has 1 atom stereocenters. The fourth-order valence-electron chi connectivity index (χ4n) is 2.84. The first kappa shape index (κ1) is 15.4. The van der Waals surface area contributed by atoms with Gasteiger partial charge in [0.05, 0.1) is 0 Å². The van der Waals surface area contributed by atoms with E-state index in [2.05, 4.69) is 17.1 Å². The average molecular weight is 282 g/mol. The van der Waals surface area contributed by atoms with E-state index in [1.807, 2.05) is 0 Å².